The Labute approximate surface area is 62.4 Å². The molecule has 0 saturated heterocycles. The summed E-state index contributed by atoms with van der Waals surface area (Å²) in [6, 6.07) is 0. The number of carbonyl (C=O) groups excluding carboxylic acids is 1. The van der Waals surface area contributed by atoms with Gasteiger partial charge < -0.3 is 10.2 Å². The Hall–Kier alpha value is -0.570. The van der Waals surface area contributed by atoms with Gasteiger partial charge in [-0.25, -0.2) is 0 Å². The third-order valence-electron chi connectivity index (χ3n) is 1.31. The summed E-state index contributed by atoms with van der Waals surface area (Å²) in [5.41, 5.74) is 0. The monoisotopic (exact) mass is 144 g/mol. The van der Waals surface area contributed by atoms with Crippen LogP contribution in [0.15, 0.2) is 0 Å². The lowest BCUT2D eigenvalue weighted by atomic mass is 10.4. The second-order valence-electron chi connectivity index (χ2n) is 2.24. The minimum Gasteiger partial charge on any atom is -0.344 e. The molecule has 60 valence electrons. The van der Waals surface area contributed by atoms with E-state index in [1.165, 1.54) is 0 Å². The second kappa shape index (κ2) is 6.55. The highest BCUT2D eigenvalue weighted by molar-refractivity contribution is 5.46. The lowest BCUT2D eigenvalue weighted by Crippen LogP contribution is -2.30. The average molecular weight is 144 g/mol. The maximum Gasteiger partial charge on any atom is 0.209 e. The predicted octanol–water partition coefficient (Wildman–Crippen LogP) is 0.0742. The summed E-state index contributed by atoms with van der Waals surface area (Å²) in [7, 11) is 1.88. The highest BCUT2D eigenvalue weighted by Crippen LogP contribution is 1.84. The number of likely N-dealkylation sites (N-methyl/N-ethyl adjacent to an activating group) is 1. The molecule has 0 fully saturated rings. The van der Waals surface area contributed by atoms with Gasteiger partial charge in [-0.2, -0.15) is 0 Å². The third kappa shape index (κ3) is 4.32. The molecule has 0 aliphatic heterocycles. The van der Waals surface area contributed by atoms with E-state index in [4.69, 9.17) is 0 Å². The lowest BCUT2D eigenvalue weighted by molar-refractivity contribution is -0.118. The first-order valence-corrected chi connectivity index (χ1v) is 3.69. The fraction of sp³-hybridized carbons (Fsp3) is 0.857. The summed E-state index contributed by atoms with van der Waals surface area (Å²) >= 11 is 0. The van der Waals surface area contributed by atoms with Gasteiger partial charge in [-0.1, -0.05) is 6.92 Å². The van der Waals surface area contributed by atoms with Crippen LogP contribution in [0.4, 0.5) is 0 Å². The van der Waals surface area contributed by atoms with Crippen molar-refractivity contribution in [3.63, 3.8) is 0 Å². The van der Waals surface area contributed by atoms with E-state index in [0.29, 0.717) is 0 Å². The van der Waals surface area contributed by atoms with Crippen molar-refractivity contribution in [2.45, 2.75) is 13.3 Å². The van der Waals surface area contributed by atoms with Gasteiger partial charge in [-0.05, 0) is 13.5 Å². The Morgan fingerprint density at radius 2 is 2.20 bits per heavy atom. The average Bonchev–Trinajstić information content (AvgIpc) is 1.98. The molecule has 0 spiro atoms. The minimum absolute atomic E-state index is 0.813. The van der Waals surface area contributed by atoms with Crippen LogP contribution in [-0.2, 0) is 4.79 Å². The van der Waals surface area contributed by atoms with Crippen LogP contribution in [0.5, 0.6) is 0 Å². The Kier molecular flexibility index (Phi) is 6.18. The fourth-order valence-corrected chi connectivity index (χ4v) is 0.760. The van der Waals surface area contributed by atoms with E-state index in [2.05, 4.69) is 12.2 Å². The molecule has 0 atom stereocenters. The largest absolute Gasteiger partial charge is 0.344 e. The van der Waals surface area contributed by atoms with Crippen molar-refractivity contribution < 1.29 is 4.79 Å². The molecule has 1 N–H and O–H groups in total. The van der Waals surface area contributed by atoms with E-state index in [9.17, 15) is 4.79 Å². The topological polar surface area (TPSA) is 32.3 Å². The second-order valence-corrected chi connectivity index (χ2v) is 2.24. The first-order chi connectivity index (χ1) is 4.85. The molecule has 0 rings (SSSR count). The zero-order valence-electron chi connectivity index (χ0n) is 6.76. The number of hydrogen-bond donors (Lipinski definition) is 1. The molecule has 1 amide bonds. The summed E-state index contributed by atoms with van der Waals surface area (Å²) in [6.45, 7) is 4.62. The van der Waals surface area contributed by atoms with Crippen LogP contribution in [0, 0.1) is 0 Å². The van der Waals surface area contributed by atoms with Crippen molar-refractivity contribution in [1.29, 1.82) is 0 Å². The van der Waals surface area contributed by atoms with Gasteiger partial charge in [0.25, 0.3) is 0 Å². The lowest BCUT2D eigenvalue weighted by Gasteiger charge is -2.14. The number of carbonyl (C=O) groups is 1. The summed E-state index contributed by atoms with van der Waals surface area (Å²) in [5.74, 6) is 0. The Balaban J connectivity index is 3.29. The van der Waals surface area contributed by atoms with Crippen LogP contribution in [0.2, 0.25) is 0 Å². The standard InChI is InChI=1S/C7H16N2O/c1-3-5-9(7-10)6-4-8-2/h7-8H,3-6H2,1-2H3. The Morgan fingerprint density at radius 1 is 1.50 bits per heavy atom. The van der Waals surface area contributed by atoms with E-state index < -0.39 is 0 Å². The fourth-order valence-electron chi connectivity index (χ4n) is 0.760. The van der Waals surface area contributed by atoms with Gasteiger partial charge >= 0.3 is 0 Å². The van der Waals surface area contributed by atoms with Gasteiger partial charge in [0.2, 0.25) is 6.41 Å². The molecule has 0 heterocycles. The Morgan fingerprint density at radius 3 is 2.60 bits per heavy atom. The molecule has 0 saturated carbocycles. The van der Waals surface area contributed by atoms with Gasteiger partial charge in [-0.15, -0.1) is 0 Å². The molecule has 0 unspecified atom stereocenters. The van der Waals surface area contributed by atoms with Crippen molar-refractivity contribution in [2.24, 2.45) is 0 Å². The van der Waals surface area contributed by atoms with Crippen molar-refractivity contribution in [3.05, 3.63) is 0 Å². The number of nitrogens with zero attached hydrogens (tertiary/aromatic N) is 1. The van der Waals surface area contributed by atoms with E-state index >= 15 is 0 Å². The van der Waals surface area contributed by atoms with Crippen molar-refractivity contribution in [1.82, 2.24) is 10.2 Å². The van der Waals surface area contributed by atoms with Crippen LogP contribution in [0.3, 0.4) is 0 Å². The Bertz CT molecular complexity index is 85.7. The smallest absolute Gasteiger partial charge is 0.209 e. The van der Waals surface area contributed by atoms with Gasteiger partial charge in [0, 0.05) is 19.6 Å². The number of amides is 1. The number of nitrogens with one attached hydrogen (secondary N) is 1. The maximum atomic E-state index is 10.3. The molecule has 0 radical (unpaired) electrons. The van der Waals surface area contributed by atoms with E-state index in [0.717, 1.165) is 32.5 Å². The maximum absolute atomic E-state index is 10.3. The predicted molar refractivity (Wildman–Crippen MR) is 41.9 cm³/mol. The highest BCUT2D eigenvalue weighted by Gasteiger charge is 1.96. The van der Waals surface area contributed by atoms with Crippen LogP contribution in [-0.4, -0.2) is 38.0 Å². The number of hydrogen-bond acceptors (Lipinski definition) is 2. The van der Waals surface area contributed by atoms with Crippen LogP contribution >= 0.6 is 0 Å². The van der Waals surface area contributed by atoms with E-state index in [-0.39, 0.29) is 0 Å². The molecule has 0 aromatic heterocycles. The molecule has 0 aromatic rings. The highest BCUT2D eigenvalue weighted by atomic mass is 16.1. The molecule has 3 nitrogen and oxygen atoms in total. The first kappa shape index (κ1) is 9.43. The first-order valence-electron chi connectivity index (χ1n) is 3.69. The van der Waals surface area contributed by atoms with Crippen molar-refractivity contribution in [3.8, 4) is 0 Å². The summed E-state index contributed by atoms with van der Waals surface area (Å²) in [6.07, 6.45) is 1.93. The van der Waals surface area contributed by atoms with Crippen LogP contribution in [0.25, 0.3) is 0 Å². The van der Waals surface area contributed by atoms with Gasteiger partial charge in [0.15, 0.2) is 0 Å². The molecule has 3 heteroatoms. The van der Waals surface area contributed by atoms with E-state index in [1.54, 1.807) is 4.90 Å². The summed E-state index contributed by atoms with van der Waals surface area (Å²) in [4.78, 5) is 12.1. The molecule has 0 aromatic carbocycles. The van der Waals surface area contributed by atoms with Crippen LogP contribution < -0.4 is 5.32 Å². The molecule has 0 aliphatic carbocycles. The van der Waals surface area contributed by atoms with Crippen molar-refractivity contribution in [2.75, 3.05) is 26.7 Å². The molecule has 0 aliphatic rings. The SMILES string of the molecule is CCCN(C=O)CCNC. The summed E-state index contributed by atoms with van der Waals surface area (Å²) in [5, 5.41) is 2.99. The molecular weight excluding hydrogens is 128 g/mol. The minimum atomic E-state index is 0.813. The third-order valence-corrected chi connectivity index (χ3v) is 1.31. The number of rotatable bonds is 6. The molecule has 10 heavy (non-hydrogen) atoms. The van der Waals surface area contributed by atoms with E-state index in [1.807, 2.05) is 7.05 Å². The quantitative estimate of drug-likeness (QED) is 0.535. The van der Waals surface area contributed by atoms with Gasteiger partial charge in [0.1, 0.15) is 0 Å². The van der Waals surface area contributed by atoms with Gasteiger partial charge in [0.05, 0.1) is 0 Å². The van der Waals surface area contributed by atoms with Crippen molar-refractivity contribution >= 4 is 6.41 Å². The normalized spacial score (nSPS) is 9.40. The zero-order valence-corrected chi connectivity index (χ0v) is 6.76. The van der Waals surface area contributed by atoms with Gasteiger partial charge in [-0.3, -0.25) is 4.79 Å². The zero-order chi connectivity index (χ0) is 7.82. The molecule has 0 bridgehead atoms. The summed E-state index contributed by atoms with van der Waals surface area (Å²) < 4.78 is 0. The van der Waals surface area contributed by atoms with Crippen LogP contribution in [0.1, 0.15) is 13.3 Å². The molecular formula is C7H16N2O.